The van der Waals surface area contributed by atoms with Crippen molar-refractivity contribution in [2.45, 2.75) is 34.1 Å². The fraction of sp³-hybridized carbons (Fsp3) is 0.500. The van der Waals surface area contributed by atoms with Gasteiger partial charge in [0.05, 0.1) is 20.4 Å². The second-order valence-electron chi connectivity index (χ2n) is 5.60. The Kier molecular flexibility index (Phi) is 9.79. The van der Waals surface area contributed by atoms with E-state index in [4.69, 9.17) is 18.9 Å². The molecule has 1 heterocycles. The monoisotopic (exact) mass is 377 g/mol. The standard InChI is InChI=1S/C19H27N3O4.CH4/c1-5-6-10-20-19-17(13-21-14(2)22-19)26-12-11-25-16-9-7-8-15(23-3)18(16)24-4;/h7-9,13H,5-6,10-12H2,1-4H3,(H,20,21,22);1H4. The quantitative estimate of drug-likeness (QED) is 0.591. The molecule has 0 radical (unpaired) electrons. The molecule has 0 unspecified atom stereocenters. The molecule has 7 heteroatoms. The SMILES string of the molecule is C.CCCCNc1nc(C)ncc1OCCOc1cccc(OC)c1OC. The number of nitrogens with one attached hydrogen (secondary N) is 1. The molecule has 1 aromatic heterocycles. The molecule has 2 rings (SSSR count). The van der Waals surface area contributed by atoms with Crippen LogP contribution < -0.4 is 24.3 Å². The van der Waals surface area contributed by atoms with Gasteiger partial charge in [-0.05, 0) is 25.5 Å². The van der Waals surface area contributed by atoms with E-state index in [1.807, 2.05) is 25.1 Å². The number of anilines is 1. The highest BCUT2D eigenvalue weighted by molar-refractivity contribution is 5.51. The van der Waals surface area contributed by atoms with Gasteiger partial charge in [-0.15, -0.1) is 0 Å². The molecular formula is C20H31N3O4. The van der Waals surface area contributed by atoms with Crippen molar-refractivity contribution in [3.8, 4) is 23.0 Å². The maximum Gasteiger partial charge on any atom is 0.203 e. The van der Waals surface area contributed by atoms with Gasteiger partial charge in [-0.1, -0.05) is 26.8 Å². The smallest absolute Gasteiger partial charge is 0.203 e. The van der Waals surface area contributed by atoms with Crippen LogP contribution in [0.5, 0.6) is 23.0 Å². The summed E-state index contributed by atoms with van der Waals surface area (Å²) in [6, 6.07) is 5.50. The molecule has 0 bridgehead atoms. The van der Waals surface area contributed by atoms with E-state index in [1.165, 1.54) is 0 Å². The Morgan fingerprint density at radius 1 is 1.00 bits per heavy atom. The summed E-state index contributed by atoms with van der Waals surface area (Å²) in [4.78, 5) is 8.61. The molecule has 0 aliphatic rings. The fourth-order valence-corrected chi connectivity index (χ4v) is 2.35. The zero-order valence-corrected chi connectivity index (χ0v) is 15.9. The Bertz CT molecular complexity index is 695. The van der Waals surface area contributed by atoms with E-state index >= 15 is 0 Å². The van der Waals surface area contributed by atoms with Crippen LogP contribution in [0.2, 0.25) is 0 Å². The van der Waals surface area contributed by atoms with Crippen LogP contribution in [0.1, 0.15) is 33.0 Å². The van der Waals surface area contributed by atoms with E-state index in [0.29, 0.717) is 47.9 Å². The van der Waals surface area contributed by atoms with Gasteiger partial charge < -0.3 is 24.3 Å². The lowest BCUT2D eigenvalue weighted by molar-refractivity contribution is 0.209. The van der Waals surface area contributed by atoms with E-state index in [2.05, 4.69) is 22.2 Å². The molecule has 150 valence electrons. The highest BCUT2D eigenvalue weighted by atomic mass is 16.5. The van der Waals surface area contributed by atoms with E-state index < -0.39 is 0 Å². The third kappa shape index (κ3) is 6.51. The molecule has 0 aliphatic carbocycles. The number of rotatable bonds is 11. The maximum absolute atomic E-state index is 5.79. The van der Waals surface area contributed by atoms with Gasteiger partial charge in [0.2, 0.25) is 5.75 Å². The molecule has 0 saturated heterocycles. The van der Waals surface area contributed by atoms with Crippen molar-refractivity contribution in [2.75, 3.05) is 39.3 Å². The summed E-state index contributed by atoms with van der Waals surface area (Å²) in [5.74, 6) is 3.83. The molecule has 7 nitrogen and oxygen atoms in total. The van der Waals surface area contributed by atoms with Crippen molar-refractivity contribution in [3.05, 3.63) is 30.2 Å². The van der Waals surface area contributed by atoms with Crippen LogP contribution in [0, 0.1) is 6.92 Å². The van der Waals surface area contributed by atoms with Gasteiger partial charge in [0, 0.05) is 6.54 Å². The highest BCUT2D eigenvalue weighted by Crippen LogP contribution is 2.36. The van der Waals surface area contributed by atoms with Crippen LogP contribution in [0.4, 0.5) is 5.82 Å². The number of ether oxygens (including phenoxy) is 4. The summed E-state index contributed by atoms with van der Waals surface area (Å²) in [7, 11) is 3.17. The first-order chi connectivity index (χ1) is 12.7. The Balaban J connectivity index is 0.00000364. The Hall–Kier alpha value is -2.70. The van der Waals surface area contributed by atoms with E-state index in [1.54, 1.807) is 20.4 Å². The normalized spacial score (nSPS) is 9.93. The molecular weight excluding hydrogens is 346 g/mol. The van der Waals surface area contributed by atoms with Gasteiger partial charge in [-0.25, -0.2) is 9.97 Å². The molecule has 27 heavy (non-hydrogen) atoms. The first-order valence-electron chi connectivity index (χ1n) is 8.73. The van der Waals surface area contributed by atoms with Gasteiger partial charge in [-0.2, -0.15) is 0 Å². The summed E-state index contributed by atoms with van der Waals surface area (Å²) < 4.78 is 22.2. The van der Waals surface area contributed by atoms with Crippen LogP contribution in [0.15, 0.2) is 24.4 Å². The van der Waals surface area contributed by atoms with Gasteiger partial charge in [0.1, 0.15) is 19.0 Å². The van der Waals surface area contributed by atoms with Crippen molar-refractivity contribution in [2.24, 2.45) is 0 Å². The van der Waals surface area contributed by atoms with Crippen molar-refractivity contribution < 1.29 is 18.9 Å². The summed E-state index contributed by atoms with van der Waals surface area (Å²) in [5.41, 5.74) is 0. The molecule has 2 aromatic rings. The number of nitrogens with zero attached hydrogens (tertiary/aromatic N) is 2. The Morgan fingerprint density at radius 3 is 2.37 bits per heavy atom. The molecule has 0 atom stereocenters. The van der Waals surface area contributed by atoms with E-state index in [0.717, 1.165) is 19.4 Å². The number of para-hydroxylation sites is 1. The van der Waals surface area contributed by atoms with Gasteiger partial charge in [-0.3, -0.25) is 0 Å². The highest BCUT2D eigenvalue weighted by Gasteiger charge is 2.11. The van der Waals surface area contributed by atoms with Crippen LogP contribution in [-0.2, 0) is 0 Å². The second-order valence-corrected chi connectivity index (χ2v) is 5.60. The molecule has 0 spiro atoms. The predicted molar refractivity (Wildman–Crippen MR) is 107 cm³/mol. The first kappa shape index (κ1) is 22.3. The summed E-state index contributed by atoms with van der Waals surface area (Å²) in [6.07, 6.45) is 3.87. The number of aryl methyl sites for hydroxylation is 1. The summed E-state index contributed by atoms with van der Waals surface area (Å²) in [6.45, 7) is 5.56. The lowest BCUT2D eigenvalue weighted by Gasteiger charge is -2.15. The van der Waals surface area contributed by atoms with Crippen LogP contribution in [0.3, 0.4) is 0 Å². The Labute approximate surface area is 162 Å². The average molecular weight is 377 g/mol. The number of hydrogen-bond donors (Lipinski definition) is 1. The summed E-state index contributed by atoms with van der Waals surface area (Å²) in [5, 5.41) is 3.29. The van der Waals surface area contributed by atoms with Crippen LogP contribution in [0.25, 0.3) is 0 Å². The first-order valence-corrected chi connectivity index (χ1v) is 8.73. The second kappa shape index (κ2) is 11.8. The Morgan fingerprint density at radius 2 is 1.70 bits per heavy atom. The minimum Gasteiger partial charge on any atom is -0.493 e. The lowest BCUT2D eigenvalue weighted by atomic mass is 10.3. The molecule has 1 aromatic carbocycles. The predicted octanol–water partition coefficient (Wildman–Crippen LogP) is 4.11. The largest absolute Gasteiger partial charge is 0.493 e. The van der Waals surface area contributed by atoms with Crippen LogP contribution in [-0.4, -0.2) is 43.9 Å². The third-order valence-corrected chi connectivity index (χ3v) is 3.66. The minimum atomic E-state index is 0. The lowest BCUT2D eigenvalue weighted by Crippen LogP contribution is -2.13. The number of benzene rings is 1. The number of unbranched alkanes of at least 4 members (excludes halogenated alkanes) is 1. The molecule has 1 N–H and O–H groups in total. The van der Waals surface area contributed by atoms with Gasteiger partial charge in [0.25, 0.3) is 0 Å². The molecule has 0 fully saturated rings. The average Bonchev–Trinajstić information content (AvgIpc) is 2.66. The van der Waals surface area contributed by atoms with Gasteiger partial charge >= 0.3 is 0 Å². The van der Waals surface area contributed by atoms with Crippen molar-refractivity contribution in [1.29, 1.82) is 0 Å². The van der Waals surface area contributed by atoms with Crippen LogP contribution >= 0.6 is 0 Å². The zero-order valence-electron chi connectivity index (χ0n) is 15.9. The molecule has 0 saturated carbocycles. The van der Waals surface area contributed by atoms with Gasteiger partial charge in [0.15, 0.2) is 23.1 Å². The fourth-order valence-electron chi connectivity index (χ4n) is 2.35. The minimum absolute atomic E-state index is 0. The zero-order chi connectivity index (χ0) is 18.8. The van der Waals surface area contributed by atoms with Crippen molar-refractivity contribution >= 4 is 5.82 Å². The van der Waals surface area contributed by atoms with E-state index in [9.17, 15) is 0 Å². The molecule has 0 amide bonds. The van der Waals surface area contributed by atoms with E-state index in [-0.39, 0.29) is 7.43 Å². The van der Waals surface area contributed by atoms with Crippen molar-refractivity contribution in [1.82, 2.24) is 9.97 Å². The topological polar surface area (TPSA) is 74.7 Å². The molecule has 0 aliphatic heterocycles. The number of hydrogen-bond acceptors (Lipinski definition) is 7. The maximum atomic E-state index is 5.79. The van der Waals surface area contributed by atoms with Crippen molar-refractivity contribution in [3.63, 3.8) is 0 Å². The number of methoxy groups -OCH3 is 2. The number of aromatic nitrogens is 2. The summed E-state index contributed by atoms with van der Waals surface area (Å²) >= 11 is 0. The third-order valence-electron chi connectivity index (χ3n) is 3.66.